The van der Waals surface area contributed by atoms with E-state index in [0.717, 1.165) is 5.56 Å². The van der Waals surface area contributed by atoms with Gasteiger partial charge in [-0.15, -0.1) is 0 Å². The summed E-state index contributed by atoms with van der Waals surface area (Å²) in [6, 6.07) is 6.56. The number of thioether (sulfide) groups is 1. The van der Waals surface area contributed by atoms with E-state index < -0.39 is 12.0 Å². The van der Waals surface area contributed by atoms with Crippen LogP contribution in [0.15, 0.2) is 40.5 Å². The van der Waals surface area contributed by atoms with Gasteiger partial charge in [-0.05, 0) is 31.5 Å². The average molecular weight is 351 g/mol. The van der Waals surface area contributed by atoms with Gasteiger partial charge in [-0.3, -0.25) is 9.69 Å². The fourth-order valence-corrected chi connectivity index (χ4v) is 3.89. The molecule has 0 aromatic heterocycles. The first kappa shape index (κ1) is 16.1. The summed E-state index contributed by atoms with van der Waals surface area (Å²) < 4.78 is 4.91. The second kappa shape index (κ2) is 6.02. The van der Waals surface area contributed by atoms with Crippen molar-refractivity contribution in [1.29, 1.82) is 0 Å². The number of halogens is 1. The van der Waals surface area contributed by atoms with Gasteiger partial charge in [0.2, 0.25) is 5.91 Å². The number of ether oxygens (including phenoxy) is 1. The number of aliphatic imine (C=N–C) groups is 1. The zero-order valence-corrected chi connectivity index (χ0v) is 14.4. The van der Waals surface area contributed by atoms with Crippen LogP contribution in [-0.2, 0) is 14.3 Å². The molecule has 2 aliphatic rings. The Morgan fingerprint density at radius 1 is 1.35 bits per heavy atom. The van der Waals surface area contributed by atoms with E-state index in [0.29, 0.717) is 21.5 Å². The maximum atomic E-state index is 12.6. The topological polar surface area (TPSA) is 59.0 Å². The molecule has 0 spiro atoms. The second-order valence-corrected chi connectivity index (χ2v) is 7.05. The third-order valence-corrected chi connectivity index (χ3v) is 5.16. The van der Waals surface area contributed by atoms with Crippen LogP contribution in [0.1, 0.15) is 25.5 Å². The summed E-state index contributed by atoms with van der Waals surface area (Å²) in [4.78, 5) is 30.9. The van der Waals surface area contributed by atoms with Crippen molar-refractivity contribution in [2.24, 2.45) is 4.99 Å². The molecule has 1 fully saturated rings. The van der Waals surface area contributed by atoms with Crippen molar-refractivity contribution < 1.29 is 14.3 Å². The smallest absolute Gasteiger partial charge is 0.338 e. The van der Waals surface area contributed by atoms with Gasteiger partial charge in [-0.1, -0.05) is 35.5 Å². The molecule has 0 saturated carbocycles. The van der Waals surface area contributed by atoms with Crippen LogP contribution >= 0.6 is 23.4 Å². The van der Waals surface area contributed by atoms with Gasteiger partial charge in [0.05, 0.1) is 29.7 Å². The Bertz CT molecular complexity index is 742. The number of allylic oxidation sites excluding steroid dienone is 1. The van der Waals surface area contributed by atoms with Gasteiger partial charge < -0.3 is 4.74 Å². The fraction of sp³-hybridized carbons (Fsp3) is 0.312. The standard InChI is InChI=1S/C16H15ClN2O3S/c1-8-12(15(21)22-3)13(10-4-6-11(17)7-5-10)19-14(20)9(2)23-16(19)18-8/h4-7,9,13H,1-3H3/t9-,13+/m1/s1. The summed E-state index contributed by atoms with van der Waals surface area (Å²) in [5.41, 5.74) is 1.74. The van der Waals surface area contributed by atoms with Crippen LogP contribution in [0.4, 0.5) is 0 Å². The van der Waals surface area contributed by atoms with Gasteiger partial charge in [-0.2, -0.15) is 0 Å². The zero-order valence-electron chi connectivity index (χ0n) is 12.9. The van der Waals surface area contributed by atoms with Gasteiger partial charge >= 0.3 is 5.97 Å². The van der Waals surface area contributed by atoms with Crippen molar-refractivity contribution in [3.05, 3.63) is 46.1 Å². The van der Waals surface area contributed by atoms with Crippen molar-refractivity contribution in [2.45, 2.75) is 25.1 Å². The lowest BCUT2D eigenvalue weighted by Crippen LogP contribution is -2.40. The fourth-order valence-electron chi connectivity index (χ4n) is 2.73. The summed E-state index contributed by atoms with van der Waals surface area (Å²) in [5.74, 6) is -0.551. The van der Waals surface area contributed by atoms with E-state index in [9.17, 15) is 9.59 Å². The van der Waals surface area contributed by atoms with Gasteiger partial charge in [-0.25, -0.2) is 9.79 Å². The molecule has 2 aliphatic heterocycles. The lowest BCUT2D eigenvalue weighted by molar-refractivity contribution is -0.137. The molecule has 1 aromatic rings. The number of amides is 1. The molecular weight excluding hydrogens is 336 g/mol. The van der Waals surface area contributed by atoms with Gasteiger partial charge in [0.1, 0.15) is 0 Å². The molecule has 7 heteroatoms. The van der Waals surface area contributed by atoms with E-state index in [4.69, 9.17) is 16.3 Å². The largest absolute Gasteiger partial charge is 0.466 e. The minimum Gasteiger partial charge on any atom is -0.466 e. The Hall–Kier alpha value is -1.79. The summed E-state index contributed by atoms with van der Waals surface area (Å²) >= 11 is 7.35. The molecular formula is C16H15ClN2O3S. The molecule has 1 amide bonds. The summed E-state index contributed by atoms with van der Waals surface area (Å²) in [6.07, 6.45) is 0. The quantitative estimate of drug-likeness (QED) is 0.769. The number of nitrogens with zero attached hydrogens (tertiary/aromatic N) is 2. The second-order valence-electron chi connectivity index (χ2n) is 5.31. The monoisotopic (exact) mass is 350 g/mol. The highest BCUT2D eigenvalue weighted by Crippen LogP contribution is 2.43. The van der Waals surface area contributed by atoms with Crippen molar-refractivity contribution in [3.8, 4) is 0 Å². The number of hydrogen-bond acceptors (Lipinski definition) is 5. The number of amidine groups is 1. The molecule has 5 nitrogen and oxygen atoms in total. The van der Waals surface area contributed by atoms with E-state index in [1.165, 1.54) is 18.9 Å². The Morgan fingerprint density at radius 2 is 2.00 bits per heavy atom. The van der Waals surface area contributed by atoms with Crippen LogP contribution in [0.5, 0.6) is 0 Å². The van der Waals surface area contributed by atoms with Crippen LogP contribution < -0.4 is 0 Å². The van der Waals surface area contributed by atoms with Crippen molar-refractivity contribution >= 4 is 40.4 Å². The highest BCUT2D eigenvalue weighted by Gasteiger charge is 2.46. The first-order valence-corrected chi connectivity index (χ1v) is 8.32. The highest BCUT2D eigenvalue weighted by atomic mass is 35.5. The number of fused-ring (bicyclic) bond motifs is 1. The predicted molar refractivity (Wildman–Crippen MR) is 90.2 cm³/mol. The predicted octanol–water partition coefficient (Wildman–Crippen LogP) is 3.16. The van der Waals surface area contributed by atoms with E-state index in [1.807, 2.05) is 19.1 Å². The van der Waals surface area contributed by atoms with Crippen LogP contribution in [0, 0.1) is 0 Å². The normalized spacial score (nSPS) is 23.7. The average Bonchev–Trinajstić information content (AvgIpc) is 2.80. The zero-order chi connectivity index (χ0) is 16.7. The van der Waals surface area contributed by atoms with E-state index in [1.54, 1.807) is 24.0 Å². The minimum atomic E-state index is -0.544. The first-order chi connectivity index (χ1) is 10.9. The number of carbonyl (C=O) groups is 2. The Morgan fingerprint density at radius 3 is 2.61 bits per heavy atom. The summed E-state index contributed by atoms with van der Waals surface area (Å²) in [7, 11) is 1.32. The number of carbonyl (C=O) groups excluding carboxylic acids is 2. The molecule has 2 atom stereocenters. The lowest BCUT2D eigenvalue weighted by atomic mass is 9.94. The number of methoxy groups -OCH3 is 1. The molecule has 0 radical (unpaired) electrons. The van der Waals surface area contributed by atoms with Gasteiger partial charge in [0.15, 0.2) is 5.17 Å². The number of hydrogen-bond donors (Lipinski definition) is 0. The number of rotatable bonds is 2. The Balaban J connectivity index is 2.17. The molecule has 0 unspecified atom stereocenters. The van der Waals surface area contributed by atoms with Gasteiger partial charge in [0, 0.05) is 5.02 Å². The van der Waals surface area contributed by atoms with Crippen molar-refractivity contribution in [2.75, 3.05) is 7.11 Å². The van der Waals surface area contributed by atoms with Crippen LogP contribution in [0.25, 0.3) is 0 Å². The Labute approximate surface area is 143 Å². The van der Waals surface area contributed by atoms with Crippen LogP contribution in [-0.4, -0.2) is 34.3 Å². The van der Waals surface area contributed by atoms with Crippen LogP contribution in [0.3, 0.4) is 0 Å². The molecule has 3 rings (SSSR count). The lowest BCUT2D eigenvalue weighted by Gasteiger charge is -2.32. The van der Waals surface area contributed by atoms with E-state index in [-0.39, 0.29) is 11.2 Å². The van der Waals surface area contributed by atoms with E-state index >= 15 is 0 Å². The third-order valence-electron chi connectivity index (χ3n) is 3.85. The number of esters is 1. The van der Waals surface area contributed by atoms with Crippen molar-refractivity contribution in [1.82, 2.24) is 4.90 Å². The first-order valence-electron chi connectivity index (χ1n) is 7.07. The third kappa shape index (κ3) is 2.66. The molecule has 1 aromatic carbocycles. The minimum absolute atomic E-state index is 0.0670. The molecule has 0 bridgehead atoms. The maximum absolute atomic E-state index is 12.6. The Kier molecular flexibility index (Phi) is 4.21. The van der Waals surface area contributed by atoms with Gasteiger partial charge in [0.25, 0.3) is 0 Å². The highest BCUT2D eigenvalue weighted by molar-refractivity contribution is 8.15. The summed E-state index contributed by atoms with van der Waals surface area (Å²) in [5, 5.41) is 0.982. The molecule has 0 aliphatic carbocycles. The number of benzene rings is 1. The molecule has 0 N–H and O–H groups in total. The van der Waals surface area contributed by atoms with Crippen LogP contribution in [0.2, 0.25) is 5.02 Å². The van der Waals surface area contributed by atoms with Crippen molar-refractivity contribution in [3.63, 3.8) is 0 Å². The SMILES string of the molecule is COC(=O)C1=C(C)N=C2S[C@H](C)C(=O)N2[C@H]1c1ccc(Cl)cc1. The molecule has 2 heterocycles. The van der Waals surface area contributed by atoms with E-state index in [2.05, 4.69) is 4.99 Å². The molecule has 23 heavy (non-hydrogen) atoms. The molecule has 120 valence electrons. The molecule has 1 saturated heterocycles. The summed E-state index contributed by atoms with van der Waals surface area (Å²) in [6.45, 7) is 3.59. The maximum Gasteiger partial charge on any atom is 0.338 e.